The van der Waals surface area contributed by atoms with Crippen molar-refractivity contribution in [1.29, 1.82) is 0 Å². The van der Waals surface area contributed by atoms with Crippen LogP contribution in [0.15, 0.2) is 48.8 Å². The molecule has 0 saturated carbocycles. The molecule has 26 heavy (non-hydrogen) atoms. The highest BCUT2D eigenvalue weighted by molar-refractivity contribution is 5.63. The Morgan fingerprint density at radius 2 is 1.85 bits per heavy atom. The molecule has 4 rings (SSSR count). The van der Waals surface area contributed by atoms with Gasteiger partial charge in [0.1, 0.15) is 17.5 Å². The Balaban J connectivity index is 1.51. The Kier molecular flexibility index (Phi) is 4.30. The molecule has 1 saturated heterocycles. The van der Waals surface area contributed by atoms with Gasteiger partial charge in [0.2, 0.25) is 0 Å². The zero-order valence-electron chi connectivity index (χ0n) is 14.5. The number of aromatic nitrogens is 2. The van der Waals surface area contributed by atoms with Gasteiger partial charge in [-0.05, 0) is 50.2 Å². The van der Waals surface area contributed by atoms with Crippen molar-refractivity contribution in [2.45, 2.75) is 18.9 Å². The van der Waals surface area contributed by atoms with Crippen LogP contribution in [0.25, 0.3) is 16.9 Å². The SMILES string of the molecule is CN1CCC(Oc2ccc(-c3cn4cc([N+](=O)[O-])ccc4n3)cc2)CC1. The first kappa shape index (κ1) is 16.5. The molecule has 0 spiro atoms. The van der Waals surface area contributed by atoms with Crippen molar-refractivity contribution in [1.82, 2.24) is 14.3 Å². The first-order valence-electron chi connectivity index (χ1n) is 8.67. The summed E-state index contributed by atoms with van der Waals surface area (Å²) in [6.45, 7) is 2.13. The highest BCUT2D eigenvalue weighted by Gasteiger charge is 2.18. The third-order valence-corrected chi connectivity index (χ3v) is 4.76. The van der Waals surface area contributed by atoms with E-state index in [1.54, 1.807) is 16.7 Å². The first-order chi connectivity index (χ1) is 12.6. The summed E-state index contributed by atoms with van der Waals surface area (Å²) in [6.07, 6.45) is 5.64. The van der Waals surface area contributed by atoms with Gasteiger partial charge in [-0.25, -0.2) is 4.98 Å². The minimum Gasteiger partial charge on any atom is -0.490 e. The van der Waals surface area contributed by atoms with Crippen molar-refractivity contribution in [3.63, 3.8) is 0 Å². The topological polar surface area (TPSA) is 72.9 Å². The molecule has 0 N–H and O–H groups in total. The highest BCUT2D eigenvalue weighted by atomic mass is 16.6. The molecule has 1 aromatic carbocycles. The summed E-state index contributed by atoms with van der Waals surface area (Å²) < 4.78 is 7.75. The largest absolute Gasteiger partial charge is 0.490 e. The van der Waals surface area contributed by atoms with Crippen LogP contribution >= 0.6 is 0 Å². The van der Waals surface area contributed by atoms with Crippen LogP contribution in [0.1, 0.15) is 12.8 Å². The molecule has 7 nitrogen and oxygen atoms in total. The summed E-state index contributed by atoms with van der Waals surface area (Å²) in [5.74, 6) is 0.864. The number of piperidine rings is 1. The van der Waals surface area contributed by atoms with E-state index in [0.717, 1.165) is 42.9 Å². The number of hydrogen-bond acceptors (Lipinski definition) is 5. The van der Waals surface area contributed by atoms with E-state index >= 15 is 0 Å². The lowest BCUT2D eigenvalue weighted by molar-refractivity contribution is -0.385. The summed E-state index contributed by atoms with van der Waals surface area (Å²) in [5, 5.41) is 10.9. The fourth-order valence-corrected chi connectivity index (χ4v) is 3.23. The van der Waals surface area contributed by atoms with E-state index in [0.29, 0.717) is 5.65 Å². The average molecular weight is 352 g/mol. The number of rotatable bonds is 4. The van der Waals surface area contributed by atoms with E-state index < -0.39 is 4.92 Å². The molecule has 3 aromatic rings. The molecule has 1 aliphatic rings. The summed E-state index contributed by atoms with van der Waals surface area (Å²) in [4.78, 5) is 17.3. The monoisotopic (exact) mass is 352 g/mol. The average Bonchev–Trinajstić information content (AvgIpc) is 3.07. The molecule has 134 valence electrons. The van der Waals surface area contributed by atoms with Gasteiger partial charge in [0.25, 0.3) is 5.69 Å². The van der Waals surface area contributed by atoms with Gasteiger partial charge in [0.15, 0.2) is 0 Å². The van der Waals surface area contributed by atoms with Crippen LogP contribution in [-0.2, 0) is 0 Å². The number of hydrogen-bond donors (Lipinski definition) is 0. The predicted octanol–water partition coefficient (Wildman–Crippen LogP) is 3.38. The van der Waals surface area contributed by atoms with Crippen molar-refractivity contribution >= 4 is 11.3 Å². The van der Waals surface area contributed by atoms with E-state index in [1.807, 2.05) is 24.3 Å². The fourth-order valence-electron chi connectivity index (χ4n) is 3.23. The maximum atomic E-state index is 10.9. The third-order valence-electron chi connectivity index (χ3n) is 4.76. The second kappa shape index (κ2) is 6.76. The molecule has 0 unspecified atom stereocenters. The fraction of sp³-hybridized carbons (Fsp3) is 0.316. The Bertz CT molecular complexity index is 928. The Hall–Kier alpha value is -2.93. The standard InChI is InChI=1S/C19H20N4O3/c1-21-10-8-17(9-11-21)26-16-5-2-14(3-6-16)18-13-22-12-15(23(24)25)4-7-19(22)20-18/h2-7,12-13,17H,8-11H2,1H3. The molecule has 0 amide bonds. The molecule has 0 aliphatic carbocycles. The number of nitro groups is 1. The van der Waals surface area contributed by atoms with E-state index in [2.05, 4.69) is 16.9 Å². The smallest absolute Gasteiger partial charge is 0.286 e. The zero-order chi connectivity index (χ0) is 18.1. The van der Waals surface area contributed by atoms with E-state index in [4.69, 9.17) is 4.74 Å². The van der Waals surface area contributed by atoms with Crippen LogP contribution in [0.4, 0.5) is 5.69 Å². The van der Waals surface area contributed by atoms with Crippen molar-refractivity contribution in [3.8, 4) is 17.0 Å². The summed E-state index contributed by atoms with van der Waals surface area (Å²) in [6, 6.07) is 11.0. The molecule has 1 aliphatic heterocycles. The Morgan fingerprint density at radius 3 is 2.54 bits per heavy atom. The van der Waals surface area contributed by atoms with Crippen LogP contribution in [0.3, 0.4) is 0 Å². The van der Waals surface area contributed by atoms with E-state index in [1.165, 1.54) is 12.3 Å². The molecule has 2 aromatic heterocycles. The highest BCUT2D eigenvalue weighted by Crippen LogP contribution is 2.25. The number of nitrogens with zero attached hydrogens (tertiary/aromatic N) is 4. The maximum Gasteiger partial charge on any atom is 0.286 e. The van der Waals surface area contributed by atoms with Crippen LogP contribution < -0.4 is 4.74 Å². The Labute approximate surface area is 151 Å². The predicted molar refractivity (Wildman–Crippen MR) is 98.4 cm³/mol. The van der Waals surface area contributed by atoms with Crippen molar-refractivity contribution in [2.75, 3.05) is 20.1 Å². The van der Waals surface area contributed by atoms with Gasteiger partial charge in [-0.2, -0.15) is 0 Å². The summed E-state index contributed by atoms with van der Waals surface area (Å²) >= 11 is 0. The molecular weight excluding hydrogens is 332 g/mol. The van der Waals surface area contributed by atoms with E-state index in [9.17, 15) is 10.1 Å². The molecular formula is C19H20N4O3. The normalized spacial score (nSPS) is 16.0. The molecule has 7 heteroatoms. The van der Waals surface area contributed by atoms with Crippen molar-refractivity contribution in [2.24, 2.45) is 0 Å². The number of likely N-dealkylation sites (tertiary alicyclic amines) is 1. The number of pyridine rings is 1. The number of ether oxygens (including phenoxy) is 1. The van der Waals surface area contributed by atoms with Gasteiger partial charge in [-0.3, -0.25) is 14.5 Å². The summed E-state index contributed by atoms with van der Waals surface area (Å²) in [5.41, 5.74) is 2.45. The Morgan fingerprint density at radius 1 is 1.12 bits per heavy atom. The lowest BCUT2D eigenvalue weighted by Crippen LogP contribution is -2.35. The maximum absolute atomic E-state index is 10.9. The van der Waals surface area contributed by atoms with Crippen molar-refractivity contribution in [3.05, 3.63) is 58.9 Å². The molecule has 1 fully saturated rings. The quantitative estimate of drug-likeness (QED) is 0.532. The van der Waals surface area contributed by atoms with Gasteiger partial charge in [-0.15, -0.1) is 0 Å². The van der Waals surface area contributed by atoms with Crippen LogP contribution in [0, 0.1) is 10.1 Å². The number of imidazole rings is 1. The minimum atomic E-state index is -0.408. The zero-order valence-corrected chi connectivity index (χ0v) is 14.5. The minimum absolute atomic E-state index is 0.0447. The van der Waals surface area contributed by atoms with Gasteiger partial charge < -0.3 is 9.64 Å². The molecule has 0 radical (unpaired) electrons. The number of benzene rings is 1. The van der Waals surface area contributed by atoms with Gasteiger partial charge in [-0.1, -0.05) is 0 Å². The summed E-state index contributed by atoms with van der Waals surface area (Å²) in [7, 11) is 2.13. The first-order valence-corrected chi connectivity index (χ1v) is 8.67. The second-order valence-electron chi connectivity index (χ2n) is 6.68. The van der Waals surface area contributed by atoms with E-state index in [-0.39, 0.29) is 11.8 Å². The van der Waals surface area contributed by atoms with Crippen LogP contribution in [0.2, 0.25) is 0 Å². The lowest BCUT2D eigenvalue weighted by atomic mass is 10.1. The van der Waals surface area contributed by atoms with Gasteiger partial charge >= 0.3 is 0 Å². The van der Waals surface area contributed by atoms with Gasteiger partial charge in [0.05, 0.1) is 16.8 Å². The third kappa shape index (κ3) is 3.39. The van der Waals surface area contributed by atoms with Gasteiger partial charge in [0, 0.05) is 30.9 Å². The van der Waals surface area contributed by atoms with Crippen molar-refractivity contribution < 1.29 is 9.66 Å². The lowest BCUT2D eigenvalue weighted by Gasteiger charge is -2.29. The molecule has 0 bridgehead atoms. The second-order valence-corrected chi connectivity index (χ2v) is 6.68. The van der Waals surface area contributed by atoms with Crippen LogP contribution in [0.5, 0.6) is 5.75 Å². The molecule has 3 heterocycles. The molecule has 0 atom stereocenters. The number of fused-ring (bicyclic) bond motifs is 1. The van der Waals surface area contributed by atoms with Crippen LogP contribution in [-0.4, -0.2) is 45.4 Å².